The van der Waals surface area contributed by atoms with E-state index in [0.29, 0.717) is 10.6 Å². The second kappa shape index (κ2) is 4.77. The van der Waals surface area contributed by atoms with Crippen LogP contribution in [0, 0.1) is 11.6 Å². The number of nitrogens with zero attached hydrogens (tertiary/aromatic N) is 1. The average Bonchev–Trinajstić information content (AvgIpc) is 2.32. The van der Waals surface area contributed by atoms with Crippen LogP contribution in [0.3, 0.4) is 0 Å². The number of pyridine rings is 1. The lowest BCUT2D eigenvalue weighted by atomic mass is 10.00. The molecule has 2 nitrogen and oxygen atoms in total. The Morgan fingerprint density at radius 2 is 1.94 bits per heavy atom. The fraction of sp³-hybridized carbons (Fsp3) is 0.0833. The van der Waals surface area contributed by atoms with Crippen LogP contribution in [0.5, 0.6) is 0 Å². The van der Waals surface area contributed by atoms with Gasteiger partial charge in [0.15, 0.2) is 0 Å². The molecule has 1 aromatic carbocycles. The van der Waals surface area contributed by atoms with E-state index in [1.165, 1.54) is 30.5 Å². The van der Waals surface area contributed by atoms with Crippen LogP contribution in [0.1, 0.15) is 17.2 Å². The number of hydrogen-bond donors (Lipinski definition) is 1. The summed E-state index contributed by atoms with van der Waals surface area (Å²) in [5, 5.41) is 0.301. The molecule has 2 rings (SSSR count). The molecule has 0 saturated carbocycles. The third-order valence-corrected chi connectivity index (χ3v) is 2.78. The van der Waals surface area contributed by atoms with Crippen LogP contribution in [-0.4, -0.2) is 4.98 Å². The van der Waals surface area contributed by atoms with Crippen LogP contribution < -0.4 is 5.73 Å². The Morgan fingerprint density at radius 3 is 2.65 bits per heavy atom. The second-order valence-electron chi connectivity index (χ2n) is 3.54. The molecule has 0 amide bonds. The minimum absolute atomic E-state index is 0.229. The summed E-state index contributed by atoms with van der Waals surface area (Å²) in [6, 6.07) is 4.45. The molecule has 0 aliphatic carbocycles. The van der Waals surface area contributed by atoms with Crippen molar-refractivity contribution in [3.63, 3.8) is 0 Å². The lowest BCUT2D eigenvalue weighted by Crippen LogP contribution is -2.14. The van der Waals surface area contributed by atoms with Crippen LogP contribution >= 0.6 is 11.6 Å². The van der Waals surface area contributed by atoms with Crippen LogP contribution in [0.15, 0.2) is 36.7 Å². The summed E-state index contributed by atoms with van der Waals surface area (Å²) in [4.78, 5) is 3.62. The fourth-order valence-electron chi connectivity index (χ4n) is 1.56. The lowest BCUT2D eigenvalue weighted by Gasteiger charge is -2.14. The van der Waals surface area contributed by atoms with Gasteiger partial charge < -0.3 is 5.73 Å². The number of hydrogen-bond acceptors (Lipinski definition) is 2. The molecule has 0 saturated heterocycles. The molecular weight excluding hydrogens is 246 g/mol. The van der Waals surface area contributed by atoms with Gasteiger partial charge in [0.25, 0.3) is 0 Å². The molecule has 2 N–H and O–H groups in total. The van der Waals surface area contributed by atoms with E-state index in [4.69, 9.17) is 17.3 Å². The summed E-state index contributed by atoms with van der Waals surface area (Å²) in [5.41, 5.74) is 6.44. The van der Waals surface area contributed by atoms with Gasteiger partial charge in [-0.15, -0.1) is 0 Å². The van der Waals surface area contributed by atoms with Crippen molar-refractivity contribution in [1.29, 1.82) is 0 Å². The second-order valence-corrected chi connectivity index (χ2v) is 3.95. The van der Waals surface area contributed by atoms with Crippen molar-refractivity contribution < 1.29 is 8.78 Å². The van der Waals surface area contributed by atoms with E-state index in [0.717, 1.165) is 6.20 Å². The number of benzene rings is 1. The highest BCUT2D eigenvalue weighted by Crippen LogP contribution is 2.28. The van der Waals surface area contributed by atoms with E-state index in [9.17, 15) is 8.78 Å². The topological polar surface area (TPSA) is 38.9 Å². The van der Waals surface area contributed by atoms with E-state index in [1.54, 1.807) is 0 Å². The SMILES string of the molecule is NC(c1ccncc1F)c1cc(F)ccc1Cl. The summed E-state index contributed by atoms with van der Waals surface area (Å²) in [6.07, 6.45) is 2.48. The van der Waals surface area contributed by atoms with Gasteiger partial charge in [-0.3, -0.25) is 4.98 Å². The quantitative estimate of drug-likeness (QED) is 0.895. The summed E-state index contributed by atoms with van der Waals surface area (Å²) in [5.74, 6) is -1.00. The van der Waals surface area contributed by atoms with E-state index in [1.807, 2.05) is 0 Å². The highest BCUT2D eigenvalue weighted by Gasteiger charge is 2.16. The molecular formula is C12H9ClF2N2. The molecule has 1 unspecified atom stereocenters. The van der Waals surface area contributed by atoms with Gasteiger partial charge in [0, 0.05) is 16.8 Å². The Bertz CT molecular complexity index is 546. The van der Waals surface area contributed by atoms with Crippen LogP contribution in [0.2, 0.25) is 5.02 Å². The molecule has 5 heteroatoms. The molecule has 1 atom stereocenters. The predicted molar refractivity (Wildman–Crippen MR) is 61.6 cm³/mol. The summed E-state index contributed by atoms with van der Waals surface area (Å²) >= 11 is 5.91. The highest BCUT2D eigenvalue weighted by atomic mass is 35.5. The van der Waals surface area contributed by atoms with E-state index < -0.39 is 17.7 Å². The Kier molecular flexibility index (Phi) is 3.36. The van der Waals surface area contributed by atoms with Crippen molar-refractivity contribution in [2.45, 2.75) is 6.04 Å². The van der Waals surface area contributed by atoms with Crippen LogP contribution in [-0.2, 0) is 0 Å². The zero-order chi connectivity index (χ0) is 12.4. The average molecular weight is 255 g/mol. The fourth-order valence-corrected chi connectivity index (χ4v) is 1.79. The Balaban J connectivity index is 2.47. The molecule has 17 heavy (non-hydrogen) atoms. The maximum absolute atomic E-state index is 13.5. The van der Waals surface area contributed by atoms with Gasteiger partial charge in [0.2, 0.25) is 0 Å². The van der Waals surface area contributed by atoms with Gasteiger partial charge >= 0.3 is 0 Å². The smallest absolute Gasteiger partial charge is 0.146 e. The maximum atomic E-state index is 13.5. The largest absolute Gasteiger partial charge is 0.320 e. The number of aromatic nitrogens is 1. The van der Waals surface area contributed by atoms with Crippen LogP contribution in [0.4, 0.5) is 8.78 Å². The van der Waals surface area contributed by atoms with Crippen molar-refractivity contribution in [3.05, 3.63) is 64.4 Å². The zero-order valence-electron chi connectivity index (χ0n) is 8.70. The Labute approximate surface area is 102 Å². The van der Waals surface area contributed by atoms with Crippen molar-refractivity contribution in [1.82, 2.24) is 4.98 Å². The third-order valence-electron chi connectivity index (χ3n) is 2.43. The molecule has 0 aliphatic heterocycles. The molecule has 0 bridgehead atoms. The molecule has 0 radical (unpaired) electrons. The van der Waals surface area contributed by atoms with Crippen molar-refractivity contribution in [2.24, 2.45) is 5.73 Å². The van der Waals surface area contributed by atoms with E-state index in [-0.39, 0.29) is 5.56 Å². The first kappa shape index (κ1) is 12.0. The molecule has 1 aromatic heterocycles. The standard InChI is InChI=1S/C12H9ClF2N2/c13-10-2-1-7(14)5-9(10)12(16)8-3-4-17-6-11(8)15/h1-6,12H,16H2. The molecule has 0 spiro atoms. The molecule has 0 fully saturated rings. The zero-order valence-corrected chi connectivity index (χ0v) is 9.46. The predicted octanol–water partition coefficient (Wildman–Crippen LogP) is 3.06. The Hall–Kier alpha value is -1.52. The van der Waals surface area contributed by atoms with Gasteiger partial charge in [-0.2, -0.15) is 0 Å². The molecule has 2 aromatic rings. The summed E-state index contributed by atoms with van der Waals surface area (Å²) in [6.45, 7) is 0. The van der Waals surface area contributed by atoms with Gasteiger partial charge in [-0.1, -0.05) is 11.6 Å². The van der Waals surface area contributed by atoms with Gasteiger partial charge in [0.05, 0.1) is 12.2 Å². The first-order valence-corrected chi connectivity index (χ1v) is 5.27. The van der Waals surface area contributed by atoms with Crippen molar-refractivity contribution in [3.8, 4) is 0 Å². The third kappa shape index (κ3) is 2.43. The number of nitrogens with two attached hydrogens (primary N) is 1. The van der Waals surface area contributed by atoms with Gasteiger partial charge in [-0.25, -0.2) is 8.78 Å². The monoisotopic (exact) mass is 254 g/mol. The van der Waals surface area contributed by atoms with Crippen LogP contribution in [0.25, 0.3) is 0 Å². The maximum Gasteiger partial charge on any atom is 0.146 e. The molecule has 0 aliphatic rings. The number of halogens is 3. The van der Waals surface area contributed by atoms with Crippen molar-refractivity contribution in [2.75, 3.05) is 0 Å². The number of rotatable bonds is 2. The highest BCUT2D eigenvalue weighted by molar-refractivity contribution is 6.31. The van der Waals surface area contributed by atoms with E-state index >= 15 is 0 Å². The molecule has 1 heterocycles. The van der Waals surface area contributed by atoms with Gasteiger partial charge in [0.1, 0.15) is 11.6 Å². The van der Waals surface area contributed by atoms with E-state index in [2.05, 4.69) is 4.98 Å². The summed E-state index contributed by atoms with van der Waals surface area (Å²) < 4.78 is 26.6. The Morgan fingerprint density at radius 1 is 1.18 bits per heavy atom. The minimum atomic E-state index is -0.818. The normalized spacial score (nSPS) is 12.5. The lowest BCUT2D eigenvalue weighted by molar-refractivity contribution is 0.590. The van der Waals surface area contributed by atoms with Crippen molar-refractivity contribution >= 4 is 11.6 Å². The minimum Gasteiger partial charge on any atom is -0.320 e. The first-order valence-electron chi connectivity index (χ1n) is 4.89. The molecule has 88 valence electrons. The first-order chi connectivity index (χ1) is 8.09. The van der Waals surface area contributed by atoms with Gasteiger partial charge in [-0.05, 0) is 29.8 Å². The summed E-state index contributed by atoms with van der Waals surface area (Å²) in [7, 11) is 0.